The van der Waals surface area contributed by atoms with Crippen molar-refractivity contribution in [2.75, 3.05) is 45.8 Å². The summed E-state index contributed by atoms with van der Waals surface area (Å²) in [6.07, 6.45) is 2.72. The van der Waals surface area contributed by atoms with E-state index in [1.165, 1.54) is 12.0 Å². The highest BCUT2D eigenvalue weighted by Crippen LogP contribution is 2.34. The van der Waals surface area contributed by atoms with Gasteiger partial charge in [-0.3, -0.25) is 14.5 Å². The minimum absolute atomic E-state index is 0.136. The minimum Gasteiger partial charge on any atom is -0.341 e. The molecular weight excluding hydrogens is 364 g/mol. The number of hydrogen-bond acceptors (Lipinski definition) is 4. The van der Waals surface area contributed by atoms with Gasteiger partial charge in [-0.1, -0.05) is 37.3 Å². The number of likely N-dealkylation sites (tertiary alicyclic amines) is 3. The fourth-order valence-corrected chi connectivity index (χ4v) is 5.51. The topological polar surface area (TPSA) is 69.9 Å². The molecule has 4 atom stereocenters. The summed E-state index contributed by atoms with van der Waals surface area (Å²) in [5.41, 5.74) is 7.29. The Morgan fingerprint density at radius 2 is 1.97 bits per heavy atom. The summed E-state index contributed by atoms with van der Waals surface area (Å²) in [6, 6.07) is 10.8. The fourth-order valence-electron chi connectivity index (χ4n) is 5.51. The van der Waals surface area contributed by atoms with Crippen LogP contribution in [0, 0.1) is 11.8 Å². The van der Waals surface area contributed by atoms with E-state index in [-0.39, 0.29) is 29.6 Å². The molecule has 0 saturated carbocycles. The number of nitrogens with zero attached hydrogens (tertiary/aromatic N) is 3. The molecule has 3 heterocycles. The molecule has 0 spiro atoms. The third kappa shape index (κ3) is 4.19. The molecule has 1 aromatic carbocycles. The van der Waals surface area contributed by atoms with Gasteiger partial charge in [-0.05, 0) is 44.0 Å². The lowest BCUT2D eigenvalue weighted by Gasteiger charge is -2.28. The number of rotatable bonds is 6. The average molecular weight is 399 g/mol. The Kier molecular flexibility index (Phi) is 6.20. The second-order valence-electron chi connectivity index (χ2n) is 8.88. The van der Waals surface area contributed by atoms with E-state index in [1.54, 1.807) is 0 Å². The van der Waals surface area contributed by atoms with E-state index in [4.69, 9.17) is 5.73 Å². The number of nitrogens with two attached hydrogens (primary N) is 1. The number of likely N-dealkylation sites (N-methyl/N-ethyl adjacent to an activating group) is 1. The zero-order valence-corrected chi connectivity index (χ0v) is 17.5. The lowest BCUT2D eigenvalue weighted by Crippen LogP contribution is -2.42. The van der Waals surface area contributed by atoms with Gasteiger partial charge in [-0.2, -0.15) is 0 Å². The third-order valence-corrected chi connectivity index (χ3v) is 7.18. The Hall–Kier alpha value is -1.92. The molecule has 0 bridgehead atoms. The van der Waals surface area contributed by atoms with Crippen molar-refractivity contribution in [1.82, 2.24) is 14.7 Å². The smallest absolute Gasteiger partial charge is 0.228 e. The number of benzene rings is 1. The molecule has 0 aromatic heterocycles. The molecule has 6 heteroatoms. The van der Waals surface area contributed by atoms with Gasteiger partial charge in [-0.25, -0.2) is 0 Å². The fraction of sp³-hybridized carbons (Fsp3) is 0.652. The van der Waals surface area contributed by atoms with Crippen LogP contribution in [0.1, 0.15) is 37.7 Å². The first-order chi connectivity index (χ1) is 14.1. The molecule has 3 aliphatic rings. The Balaban J connectivity index is 1.38. The highest BCUT2D eigenvalue weighted by molar-refractivity contribution is 5.89. The van der Waals surface area contributed by atoms with Gasteiger partial charge in [0.2, 0.25) is 11.8 Å². The van der Waals surface area contributed by atoms with E-state index >= 15 is 0 Å². The van der Waals surface area contributed by atoms with Crippen LogP contribution in [-0.4, -0.2) is 78.4 Å². The highest BCUT2D eigenvalue weighted by atomic mass is 16.2. The third-order valence-electron chi connectivity index (χ3n) is 7.18. The first kappa shape index (κ1) is 20.4. The van der Waals surface area contributed by atoms with Crippen LogP contribution in [-0.2, 0) is 9.59 Å². The summed E-state index contributed by atoms with van der Waals surface area (Å²) in [7, 11) is 0. The standard InChI is InChI=1S/C23H34N4O2/c1-2-25-10-6-9-20(25)15-26-13-18(11-22(26)28)23(29)27-14-19(12-24)21(16-27)17-7-4-3-5-8-17/h3-5,7-8,18-21H,2,6,9-16,24H2,1H3/t18?,19-,20?,21+/m1/s1. The Morgan fingerprint density at radius 1 is 1.17 bits per heavy atom. The number of amides is 2. The SMILES string of the molecule is CCN1CCCC1CN1CC(C(=O)N2C[C@@H](CN)[C@H](c3ccccc3)C2)CC1=O. The van der Waals surface area contributed by atoms with Crippen LogP contribution in [0.25, 0.3) is 0 Å². The lowest BCUT2D eigenvalue weighted by atomic mass is 9.89. The molecule has 2 amide bonds. The van der Waals surface area contributed by atoms with Crippen LogP contribution in [0.2, 0.25) is 0 Å². The molecule has 2 N–H and O–H groups in total. The molecule has 3 saturated heterocycles. The van der Waals surface area contributed by atoms with Crippen LogP contribution in [0.3, 0.4) is 0 Å². The van der Waals surface area contributed by atoms with Crippen molar-refractivity contribution >= 4 is 11.8 Å². The molecule has 0 radical (unpaired) electrons. The molecule has 2 unspecified atom stereocenters. The van der Waals surface area contributed by atoms with Gasteiger partial charge in [0, 0.05) is 44.6 Å². The minimum atomic E-state index is -0.202. The van der Waals surface area contributed by atoms with Gasteiger partial charge in [0.05, 0.1) is 5.92 Å². The molecule has 6 nitrogen and oxygen atoms in total. The van der Waals surface area contributed by atoms with E-state index < -0.39 is 0 Å². The van der Waals surface area contributed by atoms with Crippen molar-refractivity contribution in [2.45, 2.75) is 38.1 Å². The predicted octanol–water partition coefficient (Wildman–Crippen LogP) is 1.52. The largest absolute Gasteiger partial charge is 0.341 e. The molecule has 0 aliphatic carbocycles. The quantitative estimate of drug-likeness (QED) is 0.789. The maximum absolute atomic E-state index is 13.2. The molecular formula is C23H34N4O2. The molecule has 158 valence electrons. The van der Waals surface area contributed by atoms with Crippen LogP contribution in [0.4, 0.5) is 0 Å². The lowest BCUT2D eigenvalue weighted by molar-refractivity contribution is -0.135. The van der Waals surface area contributed by atoms with Crippen LogP contribution in [0.15, 0.2) is 30.3 Å². The van der Waals surface area contributed by atoms with Crippen molar-refractivity contribution in [3.05, 3.63) is 35.9 Å². The van der Waals surface area contributed by atoms with Crippen LogP contribution >= 0.6 is 0 Å². The normalized spacial score (nSPS) is 30.5. The predicted molar refractivity (Wildman–Crippen MR) is 113 cm³/mol. The summed E-state index contributed by atoms with van der Waals surface area (Å²) in [4.78, 5) is 32.2. The summed E-state index contributed by atoms with van der Waals surface area (Å²) in [5, 5.41) is 0. The summed E-state index contributed by atoms with van der Waals surface area (Å²) in [5.74, 6) is 0.644. The van der Waals surface area contributed by atoms with Crippen molar-refractivity contribution in [3.63, 3.8) is 0 Å². The second-order valence-corrected chi connectivity index (χ2v) is 8.88. The zero-order chi connectivity index (χ0) is 20.4. The molecule has 1 aromatic rings. The monoisotopic (exact) mass is 398 g/mol. The van der Waals surface area contributed by atoms with Crippen molar-refractivity contribution in [1.29, 1.82) is 0 Å². The van der Waals surface area contributed by atoms with Crippen LogP contribution in [0.5, 0.6) is 0 Å². The van der Waals surface area contributed by atoms with Crippen LogP contribution < -0.4 is 5.73 Å². The Bertz CT molecular complexity index is 725. The number of hydrogen-bond donors (Lipinski definition) is 1. The highest BCUT2D eigenvalue weighted by Gasteiger charge is 2.42. The molecule has 29 heavy (non-hydrogen) atoms. The second kappa shape index (κ2) is 8.84. The number of carbonyl (C=O) groups is 2. The van der Waals surface area contributed by atoms with Gasteiger partial charge in [0.15, 0.2) is 0 Å². The molecule has 3 fully saturated rings. The Labute approximate surface area is 174 Å². The first-order valence-electron chi connectivity index (χ1n) is 11.2. The van der Waals surface area contributed by atoms with E-state index in [2.05, 4.69) is 24.0 Å². The zero-order valence-electron chi connectivity index (χ0n) is 17.5. The molecule has 4 rings (SSSR count). The number of carbonyl (C=O) groups excluding carboxylic acids is 2. The average Bonchev–Trinajstić information content (AvgIpc) is 3.47. The van der Waals surface area contributed by atoms with Crippen molar-refractivity contribution in [3.8, 4) is 0 Å². The van der Waals surface area contributed by atoms with Gasteiger partial charge in [0.1, 0.15) is 0 Å². The van der Waals surface area contributed by atoms with Gasteiger partial charge in [0.25, 0.3) is 0 Å². The first-order valence-corrected chi connectivity index (χ1v) is 11.2. The van der Waals surface area contributed by atoms with E-state index in [0.29, 0.717) is 38.6 Å². The maximum atomic E-state index is 13.2. The van der Waals surface area contributed by atoms with Gasteiger partial charge < -0.3 is 15.5 Å². The summed E-state index contributed by atoms with van der Waals surface area (Å²) >= 11 is 0. The van der Waals surface area contributed by atoms with Crippen molar-refractivity contribution in [2.24, 2.45) is 17.6 Å². The molecule has 3 aliphatic heterocycles. The summed E-state index contributed by atoms with van der Waals surface area (Å²) in [6.45, 7) is 7.67. The van der Waals surface area contributed by atoms with Crippen molar-refractivity contribution < 1.29 is 9.59 Å². The van der Waals surface area contributed by atoms with E-state index in [1.807, 2.05) is 28.0 Å². The van der Waals surface area contributed by atoms with E-state index in [0.717, 1.165) is 26.1 Å². The summed E-state index contributed by atoms with van der Waals surface area (Å²) < 4.78 is 0. The van der Waals surface area contributed by atoms with E-state index in [9.17, 15) is 9.59 Å². The van der Waals surface area contributed by atoms with Gasteiger partial charge >= 0.3 is 0 Å². The Morgan fingerprint density at radius 3 is 2.69 bits per heavy atom. The van der Waals surface area contributed by atoms with Gasteiger partial charge in [-0.15, -0.1) is 0 Å². The maximum Gasteiger partial charge on any atom is 0.228 e.